The molecular formula is C13H20N2O. The number of hydrogen-bond donors (Lipinski definition) is 0. The molecule has 0 spiro atoms. The van der Waals surface area contributed by atoms with Crippen molar-refractivity contribution >= 4 is 5.91 Å². The van der Waals surface area contributed by atoms with Gasteiger partial charge in [-0.15, -0.1) is 0 Å². The number of amides is 1. The van der Waals surface area contributed by atoms with Gasteiger partial charge in [0.2, 0.25) is 5.91 Å². The van der Waals surface area contributed by atoms with Gasteiger partial charge in [-0.2, -0.15) is 0 Å². The van der Waals surface area contributed by atoms with Crippen molar-refractivity contribution in [3.63, 3.8) is 0 Å². The predicted octanol–water partition coefficient (Wildman–Crippen LogP) is 1.83. The monoisotopic (exact) mass is 220 g/mol. The zero-order valence-electron chi connectivity index (χ0n) is 10.1. The van der Waals surface area contributed by atoms with Crippen LogP contribution in [0.25, 0.3) is 0 Å². The summed E-state index contributed by atoms with van der Waals surface area (Å²) >= 11 is 0. The molecule has 3 heteroatoms. The lowest BCUT2D eigenvalue weighted by Crippen LogP contribution is -2.39. The standard InChI is InChI=1S/C13H20N2O/c1-11-4-3-6-15(9-11)13(16)8-12-5-7-14(2)10-12/h5,7,10-11H,3-4,6,8-9H2,1-2H3. The van der Waals surface area contributed by atoms with Crippen LogP contribution in [0.1, 0.15) is 25.3 Å². The van der Waals surface area contributed by atoms with Crippen molar-refractivity contribution in [1.29, 1.82) is 0 Å². The maximum Gasteiger partial charge on any atom is 0.227 e. The molecule has 1 atom stereocenters. The molecule has 1 unspecified atom stereocenters. The molecule has 2 rings (SSSR count). The molecule has 1 aromatic heterocycles. The first kappa shape index (κ1) is 11.2. The van der Waals surface area contributed by atoms with Crippen LogP contribution in [0.5, 0.6) is 0 Å². The lowest BCUT2D eigenvalue weighted by Gasteiger charge is -2.30. The van der Waals surface area contributed by atoms with Crippen molar-refractivity contribution in [3.8, 4) is 0 Å². The van der Waals surface area contributed by atoms with E-state index >= 15 is 0 Å². The van der Waals surface area contributed by atoms with Gasteiger partial charge in [0.05, 0.1) is 6.42 Å². The zero-order valence-corrected chi connectivity index (χ0v) is 10.1. The second-order valence-corrected chi connectivity index (χ2v) is 4.95. The second-order valence-electron chi connectivity index (χ2n) is 4.95. The van der Waals surface area contributed by atoms with Crippen LogP contribution in [0.3, 0.4) is 0 Å². The summed E-state index contributed by atoms with van der Waals surface area (Å²) in [6, 6.07) is 2.02. The molecule has 0 aromatic carbocycles. The number of hydrogen-bond acceptors (Lipinski definition) is 1. The van der Waals surface area contributed by atoms with Gasteiger partial charge < -0.3 is 9.47 Å². The van der Waals surface area contributed by atoms with Crippen LogP contribution in [0, 0.1) is 5.92 Å². The first-order valence-corrected chi connectivity index (χ1v) is 6.04. The summed E-state index contributed by atoms with van der Waals surface area (Å²) in [5, 5.41) is 0. The normalized spacial score (nSPS) is 21.1. The molecule has 0 radical (unpaired) electrons. The minimum absolute atomic E-state index is 0.276. The average Bonchev–Trinajstić information content (AvgIpc) is 2.64. The number of carbonyl (C=O) groups is 1. The minimum Gasteiger partial charge on any atom is -0.357 e. The summed E-state index contributed by atoms with van der Waals surface area (Å²) < 4.78 is 1.99. The molecule has 16 heavy (non-hydrogen) atoms. The molecule has 1 aliphatic rings. The Morgan fingerprint density at radius 1 is 1.56 bits per heavy atom. The van der Waals surface area contributed by atoms with E-state index in [1.165, 1.54) is 6.42 Å². The molecule has 1 aliphatic heterocycles. The number of rotatable bonds is 2. The third-order valence-electron chi connectivity index (χ3n) is 3.26. The third-order valence-corrected chi connectivity index (χ3v) is 3.26. The van der Waals surface area contributed by atoms with Gasteiger partial charge in [0.15, 0.2) is 0 Å². The van der Waals surface area contributed by atoms with Gasteiger partial charge in [-0.25, -0.2) is 0 Å². The Labute approximate surface area is 97.1 Å². The molecule has 0 N–H and O–H groups in total. The molecule has 1 aromatic rings. The van der Waals surface area contributed by atoms with E-state index in [0.29, 0.717) is 12.3 Å². The van der Waals surface area contributed by atoms with E-state index in [-0.39, 0.29) is 5.91 Å². The topological polar surface area (TPSA) is 25.2 Å². The molecule has 3 nitrogen and oxygen atoms in total. The number of aromatic nitrogens is 1. The van der Waals surface area contributed by atoms with Crippen LogP contribution in [0.2, 0.25) is 0 Å². The van der Waals surface area contributed by atoms with Gasteiger partial charge in [0.1, 0.15) is 0 Å². The molecule has 1 saturated heterocycles. The van der Waals surface area contributed by atoms with Gasteiger partial charge >= 0.3 is 0 Å². The molecule has 0 aliphatic carbocycles. The SMILES string of the molecule is CC1CCCN(C(=O)Cc2ccn(C)c2)C1. The van der Waals surface area contributed by atoms with E-state index in [4.69, 9.17) is 0 Å². The second kappa shape index (κ2) is 4.73. The largest absolute Gasteiger partial charge is 0.357 e. The van der Waals surface area contributed by atoms with Crippen molar-refractivity contribution in [2.45, 2.75) is 26.2 Å². The van der Waals surface area contributed by atoms with Crippen molar-refractivity contribution in [1.82, 2.24) is 9.47 Å². The summed E-state index contributed by atoms with van der Waals surface area (Å²) in [6.45, 7) is 4.10. The molecule has 0 bridgehead atoms. The Balaban J connectivity index is 1.92. The number of aryl methyl sites for hydroxylation is 1. The fraction of sp³-hybridized carbons (Fsp3) is 0.615. The van der Waals surface area contributed by atoms with Crippen LogP contribution in [-0.2, 0) is 18.3 Å². The smallest absolute Gasteiger partial charge is 0.227 e. The molecule has 2 heterocycles. The van der Waals surface area contributed by atoms with E-state index in [9.17, 15) is 4.79 Å². The van der Waals surface area contributed by atoms with E-state index in [1.54, 1.807) is 0 Å². The molecule has 1 amide bonds. The van der Waals surface area contributed by atoms with E-state index < -0.39 is 0 Å². The first-order valence-electron chi connectivity index (χ1n) is 6.04. The first-order chi connectivity index (χ1) is 7.65. The Kier molecular flexibility index (Phi) is 3.32. The minimum atomic E-state index is 0.276. The number of nitrogens with zero attached hydrogens (tertiary/aromatic N) is 2. The Morgan fingerprint density at radius 3 is 3.00 bits per heavy atom. The summed E-state index contributed by atoms with van der Waals surface area (Å²) in [4.78, 5) is 14.1. The van der Waals surface area contributed by atoms with Crippen molar-refractivity contribution in [2.24, 2.45) is 13.0 Å². The van der Waals surface area contributed by atoms with E-state index in [2.05, 4.69) is 6.92 Å². The number of carbonyl (C=O) groups excluding carboxylic acids is 1. The Hall–Kier alpha value is -1.25. The maximum atomic E-state index is 12.0. The summed E-state index contributed by atoms with van der Waals surface area (Å²) in [5.41, 5.74) is 1.12. The van der Waals surface area contributed by atoms with Crippen molar-refractivity contribution in [3.05, 3.63) is 24.0 Å². The van der Waals surface area contributed by atoms with Gasteiger partial charge in [-0.1, -0.05) is 6.92 Å². The maximum absolute atomic E-state index is 12.0. The van der Waals surface area contributed by atoms with E-state index in [0.717, 1.165) is 25.1 Å². The van der Waals surface area contributed by atoms with Crippen molar-refractivity contribution in [2.75, 3.05) is 13.1 Å². The Morgan fingerprint density at radius 2 is 2.38 bits per heavy atom. The lowest BCUT2D eigenvalue weighted by molar-refractivity contribution is -0.132. The van der Waals surface area contributed by atoms with Crippen LogP contribution in [0.4, 0.5) is 0 Å². The summed E-state index contributed by atoms with van der Waals surface area (Å²) in [6.07, 6.45) is 6.97. The molecular weight excluding hydrogens is 200 g/mol. The van der Waals surface area contributed by atoms with Gasteiger partial charge in [0, 0.05) is 32.5 Å². The van der Waals surface area contributed by atoms with Crippen LogP contribution in [0.15, 0.2) is 18.5 Å². The summed E-state index contributed by atoms with van der Waals surface area (Å²) in [5.74, 6) is 0.936. The highest BCUT2D eigenvalue weighted by atomic mass is 16.2. The summed E-state index contributed by atoms with van der Waals surface area (Å²) in [7, 11) is 1.98. The fourth-order valence-corrected chi connectivity index (χ4v) is 2.37. The van der Waals surface area contributed by atoms with Crippen LogP contribution in [-0.4, -0.2) is 28.5 Å². The average molecular weight is 220 g/mol. The van der Waals surface area contributed by atoms with Crippen LogP contribution >= 0.6 is 0 Å². The van der Waals surface area contributed by atoms with Gasteiger partial charge in [0.25, 0.3) is 0 Å². The number of likely N-dealkylation sites (tertiary alicyclic amines) is 1. The van der Waals surface area contributed by atoms with Crippen molar-refractivity contribution < 1.29 is 4.79 Å². The van der Waals surface area contributed by atoms with E-state index in [1.807, 2.05) is 35.0 Å². The van der Waals surface area contributed by atoms with Gasteiger partial charge in [-0.05, 0) is 30.4 Å². The number of piperidine rings is 1. The fourth-order valence-electron chi connectivity index (χ4n) is 2.37. The quantitative estimate of drug-likeness (QED) is 0.746. The zero-order chi connectivity index (χ0) is 11.5. The molecule has 0 saturated carbocycles. The third kappa shape index (κ3) is 2.65. The highest BCUT2D eigenvalue weighted by molar-refractivity contribution is 5.78. The predicted molar refractivity (Wildman–Crippen MR) is 64.1 cm³/mol. The molecule has 1 fully saturated rings. The molecule has 88 valence electrons. The van der Waals surface area contributed by atoms with Gasteiger partial charge in [-0.3, -0.25) is 4.79 Å². The Bertz CT molecular complexity index is 370. The van der Waals surface area contributed by atoms with Crippen LogP contribution < -0.4 is 0 Å². The lowest BCUT2D eigenvalue weighted by atomic mass is 10.00. The highest BCUT2D eigenvalue weighted by Gasteiger charge is 2.20. The highest BCUT2D eigenvalue weighted by Crippen LogP contribution is 2.16.